The molecule has 0 fully saturated rings. The van der Waals surface area contributed by atoms with E-state index in [0.29, 0.717) is 15.6 Å². The van der Waals surface area contributed by atoms with Gasteiger partial charge in [0.2, 0.25) is 11.8 Å². The third-order valence-corrected chi connectivity index (χ3v) is 9.35. The van der Waals surface area contributed by atoms with E-state index in [1.807, 2.05) is 51.1 Å². The first kappa shape index (κ1) is 34.3. The Hall–Kier alpha value is -3.56. The predicted molar refractivity (Wildman–Crippen MR) is 181 cm³/mol. The van der Waals surface area contributed by atoms with E-state index in [0.717, 1.165) is 9.87 Å². The molecule has 236 valence electrons. The molecule has 0 aliphatic carbocycles. The molecule has 4 aromatic carbocycles. The van der Waals surface area contributed by atoms with Gasteiger partial charge in [0.1, 0.15) is 12.6 Å². The normalized spacial score (nSPS) is 12.3. The maximum atomic E-state index is 14.5. The largest absolute Gasteiger partial charge is 0.350 e. The summed E-state index contributed by atoms with van der Waals surface area (Å²) in [6.45, 7) is 4.90. The molecule has 0 aliphatic heterocycles. The van der Waals surface area contributed by atoms with Crippen LogP contribution in [-0.2, 0) is 32.6 Å². The molecule has 1 atom stereocenters. The number of halogens is 3. The summed E-state index contributed by atoms with van der Waals surface area (Å²) in [6, 6.07) is 27.4. The molecule has 0 spiro atoms. The zero-order valence-electron chi connectivity index (χ0n) is 25.1. The Kier molecular flexibility index (Phi) is 11.2. The standard InChI is InChI=1S/C34H34Cl3N3O4S/c1-34(2,3)38-33(42)31(20-24-11-6-4-7-12-24)39(22-25-13-10-14-26(35)19-25)32(41)23-40(30-18-17-27(36)21-29(30)37)45(43,44)28-15-8-5-9-16-28/h4-19,21,31H,20,22-23H2,1-3H3,(H,38,42). The molecule has 45 heavy (non-hydrogen) atoms. The minimum absolute atomic E-state index is 0.0119. The van der Waals surface area contributed by atoms with Crippen LogP contribution >= 0.6 is 34.8 Å². The summed E-state index contributed by atoms with van der Waals surface area (Å²) in [5.74, 6) is -1.01. The Balaban J connectivity index is 1.84. The third-order valence-electron chi connectivity index (χ3n) is 6.80. The van der Waals surface area contributed by atoms with Crippen molar-refractivity contribution in [2.75, 3.05) is 10.8 Å². The molecular formula is C34H34Cl3N3O4S. The maximum absolute atomic E-state index is 14.5. The fourth-order valence-corrected chi connectivity index (χ4v) is 6.98. The molecule has 11 heteroatoms. The van der Waals surface area contributed by atoms with Crippen molar-refractivity contribution >= 4 is 62.3 Å². The number of hydrogen-bond donors (Lipinski definition) is 1. The number of amides is 2. The van der Waals surface area contributed by atoms with Crippen LogP contribution in [0.1, 0.15) is 31.9 Å². The van der Waals surface area contributed by atoms with Gasteiger partial charge in [-0.15, -0.1) is 0 Å². The molecule has 0 heterocycles. The summed E-state index contributed by atoms with van der Waals surface area (Å²) in [5, 5.41) is 3.81. The number of anilines is 1. The van der Waals surface area contributed by atoms with Gasteiger partial charge in [-0.05, 0) is 74.4 Å². The fraction of sp³-hybridized carbons (Fsp3) is 0.235. The van der Waals surface area contributed by atoms with Crippen LogP contribution in [0.25, 0.3) is 0 Å². The highest BCUT2D eigenvalue weighted by Gasteiger charge is 2.36. The van der Waals surface area contributed by atoms with Gasteiger partial charge in [0.25, 0.3) is 10.0 Å². The van der Waals surface area contributed by atoms with Crippen molar-refractivity contribution in [3.05, 3.63) is 129 Å². The molecular weight excluding hydrogens is 653 g/mol. The predicted octanol–water partition coefficient (Wildman–Crippen LogP) is 7.40. The Morgan fingerprint density at radius 1 is 0.778 bits per heavy atom. The fourth-order valence-electron chi connectivity index (χ4n) is 4.76. The van der Waals surface area contributed by atoms with Crippen LogP contribution in [0.4, 0.5) is 5.69 Å². The minimum Gasteiger partial charge on any atom is -0.350 e. The Morgan fingerprint density at radius 3 is 1.98 bits per heavy atom. The average molecular weight is 687 g/mol. The van der Waals surface area contributed by atoms with Gasteiger partial charge in [-0.3, -0.25) is 13.9 Å². The molecule has 0 radical (unpaired) electrons. The van der Waals surface area contributed by atoms with E-state index in [4.69, 9.17) is 34.8 Å². The molecule has 0 aromatic heterocycles. The molecule has 7 nitrogen and oxygen atoms in total. The van der Waals surface area contributed by atoms with Crippen LogP contribution < -0.4 is 9.62 Å². The van der Waals surface area contributed by atoms with Gasteiger partial charge < -0.3 is 10.2 Å². The third kappa shape index (κ3) is 9.23. The van der Waals surface area contributed by atoms with E-state index in [9.17, 15) is 18.0 Å². The highest BCUT2D eigenvalue weighted by Crippen LogP contribution is 2.33. The summed E-state index contributed by atoms with van der Waals surface area (Å²) in [4.78, 5) is 29.8. The van der Waals surface area contributed by atoms with Crippen LogP contribution in [0.3, 0.4) is 0 Å². The first-order valence-electron chi connectivity index (χ1n) is 14.2. The molecule has 1 N–H and O–H groups in total. The van der Waals surface area contributed by atoms with Crippen molar-refractivity contribution in [1.29, 1.82) is 0 Å². The first-order chi connectivity index (χ1) is 21.2. The van der Waals surface area contributed by atoms with Gasteiger partial charge in [0.15, 0.2) is 0 Å². The van der Waals surface area contributed by atoms with Gasteiger partial charge in [-0.2, -0.15) is 0 Å². The number of carbonyl (C=O) groups excluding carboxylic acids is 2. The highest BCUT2D eigenvalue weighted by atomic mass is 35.5. The molecule has 2 amide bonds. The zero-order chi connectivity index (χ0) is 32.8. The average Bonchev–Trinajstić information content (AvgIpc) is 2.98. The van der Waals surface area contributed by atoms with Crippen molar-refractivity contribution in [3.8, 4) is 0 Å². The van der Waals surface area contributed by atoms with Gasteiger partial charge in [0, 0.05) is 28.5 Å². The second-order valence-electron chi connectivity index (χ2n) is 11.5. The Bertz CT molecular complexity index is 1750. The number of benzene rings is 4. The first-order valence-corrected chi connectivity index (χ1v) is 16.7. The Morgan fingerprint density at radius 2 is 1.38 bits per heavy atom. The van der Waals surface area contributed by atoms with Crippen molar-refractivity contribution < 1.29 is 18.0 Å². The second-order valence-corrected chi connectivity index (χ2v) is 14.7. The number of nitrogens with one attached hydrogen (secondary N) is 1. The van der Waals surface area contributed by atoms with E-state index < -0.39 is 34.1 Å². The van der Waals surface area contributed by atoms with Crippen molar-refractivity contribution in [2.24, 2.45) is 0 Å². The van der Waals surface area contributed by atoms with Crippen LogP contribution in [0.15, 0.2) is 108 Å². The van der Waals surface area contributed by atoms with E-state index in [1.54, 1.807) is 42.5 Å². The van der Waals surface area contributed by atoms with Gasteiger partial charge in [-0.25, -0.2) is 8.42 Å². The molecule has 0 bridgehead atoms. The zero-order valence-corrected chi connectivity index (χ0v) is 28.2. The molecule has 4 aromatic rings. The van der Waals surface area contributed by atoms with Gasteiger partial charge in [0.05, 0.1) is 15.6 Å². The molecule has 0 saturated heterocycles. The smallest absolute Gasteiger partial charge is 0.264 e. The summed E-state index contributed by atoms with van der Waals surface area (Å²) in [6.07, 6.45) is 0.183. The van der Waals surface area contributed by atoms with Crippen molar-refractivity contribution in [1.82, 2.24) is 10.2 Å². The lowest BCUT2D eigenvalue weighted by Crippen LogP contribution is -2.56. The van der Waals surface area contributed by atoms with Crippen LogP contribution in [0, 0.1) is 0 Å². The SMILES string of the molecule is CC(C)(C)NC(=O)C(Cc1ccccc1)N(Cc1cccc(Cl)c1)C(=O)CN(c1ccc(Cl)cc1Cl)S(=O)(=O)c1ccccc1. The summed E-state index contributed by atoms with van der Waals surface area (Å²) >= 11 is 19.0. The number of rotatable bonds is 11. The van der Waals surface area contributed by atoms with E-state index >= 15 is 0 Å². The highest BCUT2D eigenvalue weighted by molar-refractivity contribution is 7.92. The quantitative estimate of drug-likeness (QED) is 0.178. The van der Waals surface area contributed by atoms with Crippen molar-refractivity contribution in [2.45, 2.75) is 50.2 Å². The van der Waals surface area contributed by atoms with Crippen LogP contribution in [0.5, 0.6) is 0 Å². The van der Waals surface area contributed by atoms with Crippen LogP contribution in [-0.4, -0.2) is 43.3 Å². The Labute approximate surface area is 279 Å². The number of carbonyl (C=O) groups is 2. The minimum atomic E-state index is -4.29. The van der Waals surface area contributed by atoms with Crippen molar-refractivity contribution in [3.63, 3.8) is 0 Å². The van der Waals surface area contributed by atoms with E-state index in [2.05, 4.69) is 5.32 Å². The number of hydrogen-bond acceptors (Lipinski definition) is 4. The number of nitrogens with zero attached hydrogens (tertiary/aromatic N) is 2. The summed E-state index contributed by atoms with van der Waals surface area (Å²) < 4.78 is 29.1. The molecule has 1 unspecified atom stereocenters. The maximum Gasteiger partial charge on any atom is 0.264 e. The lowest BCUT2D eigenvalue weighted by atomic mass is 10.0. The lowest BCUT2D eigenvalue weighted by Gasteiger charge is -2.35. The number of sulfonamides is 1. The monoisotopic (exact) mass is 685 g/mol. The topological polar surface area (TPSA) is 86.8 Å². The van der Waals surface area contributed by atoms with E-state index in [-0.39, 0.29) is 34.5 Å². The van der Waals surface area contributed by atoms with Gasteiger partial charge in [-0.1, -0.05) is 95.5 Å². The molecule has 0 aliphatic rings. The summed E-state index contributed by atoms with van der Waals surface area (Å²) in [5.41, 5.74) is 0.959. The second kappa shape index (κ2) is 14.7. The lowest BCUT2D eigenvalue weighted by molar-refractivity contribution is -0.140. The molecule has 0 saturated carbocycles. The van der Waals surface area contributed by atoms with Crippen LogP contribution in [0.2, 0.25) is 15.1 Å². The van der Waals surface area contributed by atoms with E-state index in [1.165, 1.54) is 35.2 Å². The molecule has 4 rings (SSSR count). The summed E-state index contributed by atoms with van der Waals surface area (Å²) in [7, 11) is -4.29. The van der Waals surface area contributed by atoms with Gasteiger partial charge >= 0.3 is 0 Å².